The second kappa shape index (κ2) is 6.28. The molecule has 1 aliphatic carbocycles. The van der Waals surface area contributed by atoms with Gasteiger partial charge in [0.1, 0.15) is 11.0 Å². The van der Waals surface area contributed by atoms with Gasteiger partial charge in [-0.05, 0) is 54.3 Å². The topological polar surface area (TPSA) is 82.5 Å². The van der Waals surface area contributed by atoms with Crippen LogP contribution in [-0.4, -0.2) is 23.8 Å². The molecule has 3 aromatic rings. The van der Waals surface area contributed by atoms with Gasteiger partial charge in [0.05, 0.1) is 11.6 Å². The molecule has 1 unspecified atom stereocenters. The van der Waals surface area contributed by atoms with Crippen molar-refractivity contribution in [2.75, 3.05) is 7.05 Å². The normalized spacial score (nSPS) is 24.8. The fourth-order valence-electron chi connectivity index (χ4n) is 4.75. The highest BCUT2D eigenvalue weighted by Gasteiger charge is 2.65. The molecule has 1 aromatic heterocycles. The third kappa shape index (κ3) is 2.27. The molecule has 2 aliphatic rings. The molecule has 0 fully saturated rings. The van der Waals surface area contributed by atoms with Crippen molar-refractivity contribution in [3.8, 4) is 16.5 Å². The lowest BCUT2D eigenvalue weighted by molar-refractivity contribution is -0.138. The van der Waals surface area contributed by atoms with E-state index in [0.29, 0.717) is 12.0 Å². The van der Waals surface area contributed by atoms with E-state index >= 15 is 0 Å². The molecule has 2 atom stereocenters. The van der Waals surface area contributed by atoms with Crippen molar-refractivity contribution >= 4 is 23.2 Å². The van der Waals surface area contributed by atoms with Crippen LogP contribution in [0, 0.1) is 11.3 Å². The Morgan fingerprint density at radius 2 is 1.97 bits per heavy atom. The SMILES string of the molecule is CN1C(=O)[C@]2(Cc3ccccc32)C(C)(c2ccc(-c3cccc(C#N)c3)s2)N=C1N. The lowest BCUT2D eigenvalue weighted by atomic mass is 9.53. The number of hydrogen-bond donors (Lipinski definition) is 1. The molecule has 2 aromatic carbocycles. The average Bonchev–Trinajstić information content (AvgIpc) is 3.24. The van der Waals surface area contributed by atoms with E-state index in [1.165, 1.54) is 10.5 Å². The number of carbonyl (C=O) groups excluding carboxylic acids is 1. The predicted octanol–water partition coefficient (Wildman–Crippen LogP) is 3.78. The largest absolute Gasteiger partial charge is 0.369 e. The summed E-state index contributed by atoms with van der Waals surface area (Å²) in [4.78, 5) is 22.0. The Morgan fingerprint density at radius 3 is 2.73 bits per heavy atom. The van der Waals surface area contributed by atoms with Gasteiger partial charge in [-0.2, -0.15) is 5.26 Å². The van der Waals surface area contributed by atoms with Gasteiger partial charge in [0.2, 0.25) is 5.91 Å². The Kier molecular flexibility index (Phi) is 3.89. The Morgan fingerprint density at radius 1 is 1.17 bits per heavy atom. The number of hydrogen-bond acceptors (Lipinski definition) is 5. The van der Waals surface area contributed by atoms with Gasteiger partial charge >= 0.3 is 0 Å². The summed E-state index contributed by atoms with van der Waals surface area (Å²) in [6.45, 7) is 2.02. The summed E-state index contributed by atoms with van der Waals surface area (Å²) >= 11 is 1.60. The van der Waals surface area contributed by atoms with Crippen LogP contribution in [0.5, 0.6) is 0 Å². The number of fused-ring (bicyclic) bond motifs is 2. The van der Waals surface area contributed by atoms with Crippen LogP contribution >= 0.6 is 11.3 Å². The van der Waals surface area contributed by atoms with Gasteiger partial charge in [-0.3, -0.25) is 9.69 Å². The summed E-state index contributed by atoms with van der Waals surface area (Å²) in [7, 11) is 1.69. The molecule has 0 radical (unpaired) electrons. The van der Waals surface area contributed by atoms with Crippen LogP contribution in [0.25, 0.3) is 10.4 Å². The zero-order valence-electron chi connectivity index (χ0n) is 16.7. The van der Waals surface area contributed by atoms with E-state index in [2.05, 4.69) is 12.1 Å². The van der Waals surface area contributed by atoms with Crippen molar-refractivity contribution < 1.29 is 4.79 Å². The first kappa shape index (κ1) is 18.6. The van der Waals surface area contributed by atoms with E-state index < -0.39 is 11.0 Å². The number of guanidine groups is 1. The first-order valence-electron chi connectivity index (χ1n) is 9.73. The van der Waals surface area contributed by atoms with Gasteiger partial charge in [-0.25, -0.2) is 4.99 Å². The molecule has 1 spiro atoms. The van der Waals surface area contributed by atoms with Crippen molar-refractivity contribution in [2.24, 2.45) is 10.7 Å². The maximum atomic E-state index is 13.6. The Balaban J connectivity index is 1.68. The summed E-state index contributed by atoms with van der Waals surface area (Å²) in [5, 5.41) is 9.22. The van der Waals surface area contributed by atoms with E-state index in [9.17, 15) is 10.1 Å². The van der Waals surface area contributed by atoms with Crippen molar-refractivity contribution in [1.29, 1.82) is 5.26 Å². The molecule has 2 heterocycles. The van der Waals surface area contributed by atoms with Crippen LogP contribution in [0.3, 0.4) is 0 Å². The molecule has 6 heteroatoms. The van der Waals surface area contributed by atoms with Crippen LogP contribution in [0.4, 0.5) is 0 Å². The zero-order valence-corrected chi connectivity index (χ0v) is 17.5. The molecule has 5 nitrogen and oxygen atoms in total. The summed E-state index contributed by atoms with van der Waals surface area (Å²) in [5.41, 5.74) is 8.42. The molecule has 5 rings (SSSR count). The summed E-state index contributed by atoms with van der Waals surface area (Å²) < 4.78 is 0. The van der Waals surface area contributed by atoms with Gasteiger partial charge in [0.25, 0.3) is 0 Å². The van der Waals surface area contributed by atoms with Crippen LogP contribution < -0.4 is 5.73 Å². The van der Waals surface area contributed by atoms with E-state index in [1.54, 1.807) is 24.5 Å². The number of thiophene rings is 1. The van der Waals surface area contributed by atoms with E-state index in [-0.39, 0.29) is 11.9 Å². The highest BCUT2D eigenvalue weighted by atomic mass is 32.1. The zero-order chi connectivity index (χ0) is 21.1. The first-order valence-corrected chi connectivity index (χ1v) is 10.5. The van der Waals surface area contributed by atoms with Gasteiger partial charge < -0.3 is 5.73 Å². The highest BCUT2D eigenvalue weighted by Crippen LogP contribution is 2.58. The lowest BCUT2D eigenvalue weighted by Gasteiger charge is -2.55. The third-order valence-corrected chi connectivity index (χ3v) is 7.82. The fourth-order valence-corrected chi connectivity index (χ4v) is 5.92. The van der Waals surface area contributed by atoms with E-state index in [0.717, 1.165) is 20.9 Å². The van der Waals surface area contributed by atoms with Crippen LogP contribution in [0.15, 0.2) is 65.7 Å². The minimum absolute atomic E-state index is 0.0161. The number of benzene rings is 2. The van der Waals surface area contributed by atoms with Crippen molar-refractivity contribution in [2.45, 2.75) is 24.3 Å². The number of nitriles is 1. The maximum absolute atomic E-state index is 13.6. The number of likely N-dealkylation sites (N-methyl/N-ethyl adjacent to an activating group) is 1. The van der Waals surface area contributed by atoms with Gasteiger partial charge in [-0.15, -0.1) is 11.3 Å². The number of amides is 1. The molecular weight excluding hydrogens is 392 g/mol. The lowest BCUT2D eigenvalue weighted by Crippen LogP contribution is -2.67. The quantitative estimate of drug-likeness (QED) is 0.695. The van der Waals surface area contributed by atoms with Crippen LogP contribution in [0.1, 0.15) is 28.5 Å². The van der Waals surface area contributed by atoms with Gasteiger partial charge in [-0.1, -0.05) is 36.4 Å². The molecule has 1 amide bonds. The first-order chi connectivity index (χ1) is 14.4. The molecule has 0 bridgehead atoms. The number of rotatable bonds is 2. The molecule has 0 saturated heterocycles. The van der Waals surface area contributed by atoms with Crippen molar-refractivity contribution in [3.05, 3.63) is 82.2 Å². The van der Waals surface area contributed by atoms with Crippen LogP contribution in [0.2, 0.25) is 0 Å². The monoisotopic (exact) mass is 412 g/mol. The Labute approximate surface area is 179 Å². The second-order valence-corrected chi connectivity index (χ2v) is 9.09. The van der Waals surface area contributed by atoms with Crippen LogP contribution in [-0.2, 0) is 22.2 Å². The molecule has 1 aliphatic heterocycles. The van der Waals surface area contributed by atoms with Crippen molar-refractivity contribution in [1.82, 2.24) is 4.90 Å². The number of aliphatic imine (C=N–C) groups is 1. The molecule has 148 valence electrons. The summed E-state index contributed by atoms with van der Waals surface area (Å²) in [5.74, 6) is 0.219. The molecule has 0 saturated carbocycles. The number of carbonyl (C=O) groups is 1. The van der Waals surface area contributed by atoms with Crippen molar-refractivity contribution in [3.63, 3.8) is 0 Å². The fraction of sp³-hybridized carbons (Fsp3) is 0.208. The number of nitrogens with two attached hydrogens (primary N) is 1. The highest BCUT2D eigenvalue weighted by molar-refractivity contribution is 7.15. The van der Waals surface area contributed by atoms with E-state index in [4.69, 9.17) is 10.7 Å². The summed E-state index contributed by atoms with van der Waals surface area (Å²) in [6, 6.07) is 21.9. The molecule has 2 N–H and O–H groups in total. The third-order valence-electron chi connectivity index (χ3n) is 6.48. The second-order valence-electron chi connectivity index (χ2n) is 8.00. The van der Waals surface area contributed by atoms with E-state index in [1.807, 2.05) is 55.5 Å². The Bertz CT molecular complexity index is 1270. The minimum Gasteiger partial charge on any atom is -0.369 e. The predicted molar refractivity (Wildman–Crippen MR) is 118 cm³/mol. The van der Waals surface area contributed by atoms with Gasteiger partial charge in [0.15, 0.2) is 5.96 Å². The summed E-state index contributed by atoms with van der Waals surface area (Å²) in [6.07, 6.45) is 0.636. The minimum atomic E-state index is -0.801. The Hall–Kier alpha value is -3.43. The maximum Gasteiger partial charge on any atom is 0.242 e. The number of nitrogens with zero attached hydrogens (tertiary/aromatic N) is 3. The average molecular weight is 413 g/mol. The van der Waals surface area contributed by atoms with Gasteiger partial charge in [0, 0.05) is 16.8 Å². The standard InChI is InChI=1S/C24H20N4OS/c1-23(20-11-10-19(30-20)16-8-5-6-15(12-16)14-25)24(21(29)28(2)22(26)27-23)13-17-7-3-4-9-18(17)24/h3-12H,13H2,1-2H3,(H2,26,27)/t23?,24-/m1/s1. The molecule has 30 heavy (non-hydrogen) atoms. The smallest absolute Gasteiger partial charge is 0.242 e. The molecular formula is C24H20N4OS.